The first-order valence-electron chi connectivity index (χ1n) is 9.50. The zero-order valence-electron chi connectivity index (χ0n) is 17.0. The van der Waals surface area contributed by atoms with E-state index >= 15 is 0 Å². The van der Waals surface area contributed by atoms with Gasteiger partial charge in [0.1, 0.15) is 12.1 Å². The fourth-order valence-electron chi connectivity index (χ4n) is 3.21. The summed E-state index contributed by atoms with van der Waals surface area (Å²) in [6.45, 7) is 4.13. The average Bonchev–Trinajstić information content (AvgIpc) is 3.32. The maximum absolute atomic E-state index is 12.6. The Bertz CT molecular complexity index is 1160. The lowest BCUT2D eigenvalue weighted by molar-refractivity contribution is -0.113. The summed E-state index contributed by atoms with van der Waals surface area (Å²) in [5.74, 6) is 0.719. The van der Waals surface area contributed by atoms with Gasteiger partial charge in [-0.25, -0.2) is 4.68 Å². The van der Waals surface area contributed by atoms with Gasteiger partial charge in [0.15, 0.2) is 5.16 Å². The SMILES string of the molecule is Cc1cc(C)cc(-c2cc(NC(=O)CSc3nncn3C)n(-c3ccccc3)n2)c1. The average molecular weight is 419 g/mol. The van der Waals surface area contributed by atoms with Gasteiger partial charge in [0.2, 0.25) is 5.91 Å². The highest BCUT2D eigenvalue weighted by atomic mass is 32.2. The monoisotopic (exact) mass is 418 g/mol. The molecule has 0 aliphatic rings. The van der Waals surface area contributed by atoms with Gasteiger partial charge in [-0.1, -0.05) is 47.2 Å². The van der Waals surface area contributed by atoms with E-state index in [9.17, 15) is 4.79 Å². The van der Waals surface area contributed by atoms with Gasteiger partial charge in [-0.15, -0.1) is 10.2 Å². The lowest BCUT2D eigenvalue weighted by Gasteiger charge is -2.08. The number of thioether (sulfide) groups is 1. The van der Waals surface area contributed by atoms with Gasteiger partial charge in [0.05, 0.1) is 17.1 Å². The molecule has 2 heterocycles. The first-order chi connectivity index (χ1) is 14.5. The van der Waals surface area contributed by atoms with Crippen molar-refractivity contribution in [2.45, 2.75) is 19.0 Å². The van der Waals surface area contributed by atoms with Crippen molar-refractivity contribution >= 4 is 23.5 Å². The number of rotatable bonds is 6. The van der Waals surface area contributed by atoms with Crippen LogP contribution in [0.4, 0.5) is 5.82 Å². The largest absolute Gasteiger partial charge is 0.312 e. The molecular weight excluding hydrogens is 396 g/mol. The highest BCUT2D eigenvalue weighted by Gasteiger charge is 2.15. The summed E-state index contributed by atoms with van der Waals surface area (Å²) in [6, 6.07) is 18.0. The van der Waals surface area contributed by atoms with Crippen molar-refractivity contribution < 1.29 is 4.79 Å². The molecule has 1 amide bonds. The van der Waals surface area contributed by atoms with Gasteiger partial charge in [-0.3, -0.25) is 4.79 Å². The Morgan fingerprint density at radius 1 is 1.07 bits per heavy atom. The summed E-state index contributed by atoms with van der Waals surface area (Å²) >= 11 is 1.34. The van der Waals surface area contributed by atoms with Crippen LogP contribution in [0.1, 0.15) is 11.1 Å². The van der Waals surface area contributed by atoms with Gasteiger partial charge >= 0.3 is 0 Å². The number of anilines is 1. The number of amides is 1. The molecule has 0 radical (unpaired) electrons. The predicted molar refractivity (Wildman–Crippen MR) is 119 cm³/mol. The van der Waals surface area contributed by atoms with Crippen LogP contribution in [0.25, 0.3) is 16.9 Å². The second-order valence-electron chi connectivity index (χ2n) is 7.10. The number of aryl methyl sites for hydroxylation is 3. The van der Waals surface area contributed by atoms with Crippen LogP contribution in [0.2, 0.25) is 0 Å². The van der Waals surface area contributed by atoms with E-state index in [1.54, 1.807) is 15.6 Å². The van der Waals surface area contributed by atoms with Gasteiger partial charge in [0, 0.05) is 18.7 Å². The number of carbonyl (C=O) groups is 1. The van der Waals surface area contributed by atoms with Crippen molar-refractivity contribution in [2.75, 3.05) is 11.1 Å². The quantitative estimate of drug-likeness (QED) is 0.479. The van der Waals surface area contributed by atoms with E-state index in [-0.39, 0.29) is 11.7 Å². The van der Waals surface area contributed by atoms with Crippen LogP contribution in [0.3, 0.4) is 0 Å². The molecule has 30 heavy (non-hydrogen) atoms. The zero-order chi connectivity index (χ0) is 21.1. The molecule has 0 bridgehead atoms. The molecule has 0 atom stereocenters. The van der Waals surface area contributed by atoms with Crippen molar-refractivity contribution in [3.8, 4) is 16.9 Å². The maximum atomic E-state index is 12.6. The van der Waals surface area contributed by atoms with E-state index in [0.29, 0.717) is 11.0 Å². The van der Waals surface area contributed by atoms with E-state index < -0.39 is 0 Å². The van der Waals surface area contributed by atoms with Crippen molar-refractivity contribution in [1.29, 1.82) is 0 Å². The second-order valence-corrected chi connectivity index (χ2v) is 8.04. The number of hydrogen-bond acceptors (Lipinski definition) is 5. The molecule has 152 valence electrons. The Kier molecular flexibility index (Phi) is 5.67. The molecular formula is C22H22N6OS. The van der Waals surface area contributed by atoms with E-state index in [1.165, 1.54) is 22.9 Å². The standard InChI is InChI=1S/C22H22N6OS/c1-15-9-16(2)11-17(10-15)19-12-20(28(26-19)18-7-5-4-6-8-18)24-21(29)13-30-22-25-23-14-27(22)3/h4-12,14H,13H2,1-3H3,(H,24,29). The topological polar surface area (TPSA) is 77.6 Å². The molecule has 1 N–H and O–H groups in total. The van der Waals surface area contributed by atoms with Crippen molar-refractivity contribution in [3.05, 3.63) is 72.1 Å². The van der Waals surface area contributed by atoms with Gasteiger partial charge in [0.25, 0.3) is 0 Å². The highest BCUT2D eigenvalue weighted by molar-refractivity contribution is 7.99. The second kappa shape index (κ2) is 8.54. The minimum atomic E-state index is -0.132. The number of nitrogens with one attached hydrogen (secondary N) is 1. The van der Waals surface area contributed by atoms with E-state index in [2.05, 4.69) is 47.6 Å². The fourth-order valence-corrected chi connectivity index (χ4v) is 3.90. The summed E-state index contributed by atoms with van der Waals surface area (Å²) in [6.07, 6.45) is 1.61. The minimum absolute atomic E-state index is 0.132. The molecule has 0 spiro atoms. The van der Waals surface area contributed by atoms with E-state index in [1.807, 2.05) is 43.4 Å². The number of carbonyl (C=O) groups excluding carboxylic acids is 1. The predicted octanol–water partition coefficient (Wildman–Crippen LogP) is 4.02. The number of para-hydroxylation sites is 1. The number of benzene rings is 2. The Labute approximate surface area is 179 Å². The Hall–Kier alpha value is -3.39. The summed E-state index contributed by atoms with van der Waals surface area (Å²) < 4.78 is 3.54. The molecule has 0 fully saturated rings. The van der Waals surface area contributed by atoms with Crippen LogP contribution in [-0.2, 0) is 11.8 Å². The van der Waals surface area contributed by atoms with Crippen LogP contribution < -0.4 is 5.32 Å². The van der Waals surface area contributed by atoms with Crippen molar-refractivity contribution in [3.63, 3.8) is 0 Å². The Morgan fingerprint density at radius 2 is 1.80 bits per heavy atom. The smallest absolute Gasteiger partial charge is 0.236 e. The molecule has 4 aromatic rings. The molecule has 2 aromatic carbocycles. The third-order valence-electron chi connectivity index (χ3n) is 4.50. The fraction of sp³-hybridized carbons (Fsp3) is 0.182. The third kappa shape index (κ3) is 4.44. The maximum Gasteiger partial charge on any atom is 0.236 e. The minimum Gasteiger partial charge on any atom is -0.312 e. The van der Waals surface area contributed by atoms with Crippen LogP contribution in [0.5, 0.6) is 0 Å². The number of aromatic nitrogens is 5. The third-order valence-corrected chi connectivity index (χ3v) is 5.53. The Balaban J connectivity index is 1.62. The van der Waals surface area contributed by atoms with Crippen molar-refractivity contribution in [1.82, 2.24) is 24.5 Å². The molecule has 8 heteroatoms. The number of nitrogens with zero attached hydrogens (tertiary/aromatic N) is 5. The molecule has 0 aliphatic heterocycles. The van der Waals surface area contributed by atoms with Crippen molar-refractivity contribution in [2.24, 2.45) is 7.05 Å². The van der Waals surface area contributed by atoms with Crippen LogP contribution >= 0.6 is 11.8 Å². The van der Waals surface area contributed by atoms with Crippen LogP contribution in [0, 0.1) is 13.8 Å². The lowest BCUT2D eigenvalue weighted by Crippen LogP contribution is -2.17. The van der Waals surface area contributed by atoms with Crippen LogP contribution in [-0.4, -0.2) is 36.2 Å². The molecule has 0 unspecified atom stereocenters. The molecule has 0 aliphatic carbocycles. The van der Waals surface area contributed by atoms with E-state index in [4.69, 9.17) is 5.10 Å². The molecule has 2 aromatic heterocycles. The zero-order valence-corrected chi connectivity index (χ0v) is 17.8. The molecule has 7 nitrogen and oxygen atoms in total. The highest BCUT2D eigenvalue weighted by Crippen LogP contribution is 2.27. The summed E-state index contributed by atoms with van der Waals surface area (Å²) in [5, 5.41) is 16.3. The van der Waals surface area contributed by atoms with Gasteiger partial charge < -0.3 is 9.88 Å². The lowest BCUT2D eigenvalue weighted by atomic mass is 10.1. The molecule has 0 saturated heterocycles. The molecule has 0 saturated carbocycles. The summed E-state index contributed by atoms with van der Waals surface area (Å²) in [5.41, 5.74) is 5.05. The molecule has 4 rings (SSSR count). The normalized spacial score (nSPS) is 10.9. The Morgan fingerprint density at radius 3 is 2.47 bits per heavy atom. The van der Waals surface area contributed by atoms with Gasteiger partial charge in [-0.2, -0.15) is 5.10 Å². The summed E-state index contributed by atoms with van der Waals surface area (Å²) in [7, 11) is 1.85. The first-order valence-corrected chi connectivity index (χ1v) is 10.5. The first kappa shape index (κ1) is 19.9. The summed E-state index contributed by atoms with van der Waals surface area (Å²) in [4.78, 5) is 12.6. The van der Waals surface area contributed by atoms with Gasteiger partial charge in [-0.05, 0) is 38.1 Å². The van der Waals surface area contributed by atoms with Crippen LogP contribution in [0.15, 0.2) is 66.1 Å². The number of hydrogen-bond donors (Lipinski definition) is 1. The van der Waals surface area contributed by atoms with E-state index in [0.717, 1.165) is 16.9 Å².